The third-order valence-electron chi connectivity index (χ3n) is 4.33. The fourth-order valence-corrected chi connectivity index (χ4v) is 3.31. The Kier molecular flexibility index (Phi) is 3.90. The van der Waals surface area contributed by atoms with Crippen molar-refractivity contribution in [3.63, 3.8) is 0 Å². The van der Waals surface area contributed by atoms with Crippen molar-refractivity contribution in [2.24, 2.45) is 5.92 Å². The highest BCUT2D eigenvalue weighted by Gasteiger charge is 2.48. The van der Waals surface area contributed by atoms with Gasteiger partial charge in [-0.3, -0.25) is 4.79 Å². The zero-order valence-corrected chi connectivity index (χ0v) is 11.0. The van der Waals surface area contributed by atoms with Crippen LogP contribution in [0.25, 0.3) is 0 Å². The fraction of sp³-hybridized carbons (Fsp3) is 0.846. The summed E-state index contributed by atoms with van der Waals surface area (Å²) in [6.07, 6.45) is 4.24. The van der Waals surface area contributed by atoms with Crippen molar-refractivity contribution < 1.29 is 19.4 Å². The van der Waals surface area contributed by atoms with E-state index >= 15 is 0 Å². The second-order valence-corrected chi connectivity index (χ2v) is 5.33. The summed E-state index contributed by atoms with van der Waals surface area (Å²) in [5.74, 6) is -0.715. The van der Waals surface area contributed by atoms with Crippen LogP contribution in [0.15, 0.2) is 0 Å². The van der Waals surface area contributed by atoms with Crippen LogP contribution in [0.5, 0.6) is 0 Å². The number of fused-ring (bicyclic) bond motifs is 1. The lowest BCUT2D eigenvalue weighted by Crippen LogP contribution is -2.50. The van der Waals surface area contributed by atoms with E-state index in [1.807, 2.05) is 0 Å². The average Bonchev–Trinajstić information content (AvgIpc) is 2.76. The molecule has 1 amide bonds. The maximum atomic E-state index is 12.3. The molecule has 102 valence electrons. The Bertz CT molecular complexity index is 344. The molecule has 1 N–H and O–H groups in total. The SMILES string of the molecule is CO[C@H](C)C(=O)N1[C@@H]2CCCC[C@H]2C[C@H]1C(=O)O. The molecule has 0 aromatic rings. The van der Waals surface area contributed by atoms with Gasteiger partial charge >= 0.3 is 5.97 Å². The number of rotatable bonds is 3. The van der Waals surface area contributed by atoms with E-state index < -0.39 is 18.1 Å². The van der Waals surface area contributed by atoms with Crippen molar-refractivity contribution >= 4 is 11.9 Å². The minimum absolute atomic E-state index is 0.102. The van der Waals surface area contributed by atoms with Crippen molar-refractivity contribution in [3.8, 4) is 0 Å². The van der Waals surface area contributed by atoms with E-state index in [1.165, 1.54) is 7.11 Å². The summed E-state index contributed by atoms with van der Waals surface area (Å²) in [4.78, 5) is 25.2. The Hall–Kier alpha value is -1.10. The van der Waals surface area contributed by atoms with Gasteiger partial charge in [0.1, 0.15) is 12.1 Å². The maximum Gasteiger partial charge on any atom is 0.326 e. The number of likely N-dealkylation sites (tertiary alicyclic amines) is 1. The third kappa shape index (κ3) is 2.23. The Labute approximate surface area is 107 Å². The number of carbonyl (C=O) groups excluding carboxylic acids is 1. The summed E-state index contributed by atoms with van der Waals surface area (Å²) in [5.41, 5.74) is 0. The first kappa shape index (κ1) is 13.3. The molecule has 1 aliphatic carbocycles. The number of nitrogens with zero attached hydrogens (tertiary/aromatic N) is 1. The van der Waals surface area contributed by atoms with Crippen molar-refractivity contribution in [2.45, 2.75) is 57.2 Å². The number of hydrogen-bond acceptors (Lipinski definition) is 3. The molecule has 0 unspecified atom stereocenters. The number of carboxylic acid groups (broad SMARTS) is 1. The second kappa shape index (κ2) is 5.26. The largest absolute Gasteiger partial charge is 0.480 e. The predicted octanol–water partition coefficient (Wildman–Crippen LogP) is 1.27. The van der Waals surface area contributed by atoms with Gasteiger partial charge in [0.25, 0.3) is 5.91 Å². The molecule has 1 saturated carbocycles. The van der Waals surface area contributed by atoms with Crippen LogP contribution in [-0.2, 0) is 14.3 Å². The zero-order chi connectivity index (χ0) is 13.3. The summed E-state index contributed by atoms with van der Waals surface area (Å²) in [6, 6.07) is -0.562. The molecular formula is C13H21NO4. The number of amides is 1. The van der Waals surface area contributed by atoms with Gasteiger partial charge in [0.15, 0.2) is 0 Å². The number of aliphatic carboxylic acids is 1. The van der Waals surface area contributed by atoms with E-state index in [-0.39, 0.29) is 11.9 Å². The molecule has 1 heterocycles. The molecule has 0 radical (unpaired) electrons. The molecule has 1 saturated heterocycles. The number of carboxylic acids is 1. The Morgan fingerprint density at radius 1 is 1.33 bits per heavy atom. The first-order valence-electron chi connectivity index (χ1n) is 6.64. The zero-order valence-electron chi connectivity index (χ0n) is 11.0. The third-order valence-corrected chi connectivity index (χ3v) is 4.33. The Balaban J connectivity index is 2.21. The van der Waals surface area contributed by atoms with Gasteiger partial charge in [0.05, 0.1) is 0 Å². The number of carbonyl (C=O) groups is 2. The summed E-state index contributed by atoms with van der Waals surface area (Å²) >= 11 is 0. The van der Waals surface area contributed by atoms with Crippen LogP contribution in [0.3, 0.4) is 0 Å². The molecule has 5 heteroatoms. The van der Waals surface area contributed by atoms with Crippen LogP contribution < -0.4 is 0 Å². The molecule has 2 aliphatic rings. The summed E-state index contributed by atoms with van der Waals surface area (Å²) in [7, 11) is 1.48. The van der Waals surface area contributed by atoms with Gasteiger partial charge in [-0.1, -0.05) is 12.8 Å². The maximum absolute atomic E-state index is 12.3. The topological polar surface area (TPSA) is 66.8 Å². The predicted molar refractivity (Wildman–Crippen MR) is 65.1 cm³/mol. The van der Waals surface area contributed by atoms with E-state index in [0.29, 0.717) is 12.3 Å². The van der Waals surface area contributed by atoms with Gasteiger partial charge in [-0.25, -0.2) is 4.79 Å². The van der Waals surface area contributed by atoms with Crippen LogP contribution >= 0.6 is 0 Å². The first-order valence-corrected chi connectivity index (χ1v) is 6.64. The molecule has 0 aromatic carbocycles. The Morgan fingerprint density at radius 3 is 2.61 bits per heavy atom. The van der Waals surface area contributed by atoms with Crippen LogP contribution in [-0.4, -0.2) is 47.2 Å². The first-order chi connectivity index (χ1) is 8.56. The molecule has 0 spiro atoms. The monoisotopic (exact) mass is 255 g/mol. The highest BCUT2D eigenvalue weighted by atomic mass is 16.5. The number of methoxy groups -OCH3 is 1. The smallest absolute Gasteiger partial charge is 0.326 e. The lowest BCUT2D eigenvalue weighted by molar-refractivity contribution is -0.154. The normalized spacial score (nSPS) is 33.0. The molecule has 5 nitrogen and oxygen atoms in total. The fourth-order valence-electron chi connectivity index (χ4n) is 3.31. The van der Waals surface area contributed by atoms with E-state index in [1.54, 1.807) is 11.8 Å². The summed E-state index contributed by atoms with van der Waals surface area (Å²) < 4.78 is 5.05. The van der Waals surface area contributed by atoms with E-state index in [4.69, 9.17) is 4.74 Å². The standard InChI is InChI=1S/C13H21NO4/c1-8(18-2)12(15)14-10-6-4-3-5-9(10)7-11(14)13(16)17/h8-11H,3-7H2,1-2H3,(H,16,17)/t8-,9+,10-,11+/m1/s1. The van der Waals surface area contributed by atoms with Crippen molar-refractivity contribution in [1.29, 1.82) is 0 Å². The Morgan fingerprint density at radius 2 is 2.00 bits per heavy atom. The van der Waals surface area contributed by atoms with E-state index in [9.17, 15) is 14.7 Å². The molecule has 0 aromatic heterocycles. The van der Waals surface area contributed by atoms with Crippen LogP contribution in [0.1, 0.15) is 39.0 Å². The van der Waals surface area contributed by atoms with Gasteiger partial charge in [-0.2, -0.15) is 0 Å². The molecule has 4 atom stereocenters. The second-order valence-electron chi connectivity index (χ2n) is 5.33. The minimum Gasteiger partial charge on any atom is -0.480 e. The molecule has 18 heavy (non-hydrogen) atoms. The van der Waals surface area contributed by atoms with Gasteiger partial charge in [-0.05, 0) is 32.1 Å². The molecule has 2 rings (SSSR count). The van der Waals surface area contributed by atoms with Crippen LogP contribution in [0.4, 0.5) is 0 Å². The highest BCUT2D eigenvalue weighted by molar-refractivity contribution is 5.87. The van der Waals surface area contributed by atoms with Gasteiger partial charge in [0.2, 0.25) is 0 Å². The van der Waals surface area contributed by atoms with Crippen LogP contribution in [0, 0.1) is 5.92 Å². The van der Waals surface area contributed by atoms with Gasteiger partial charge in [0, 0.05) is 13.2 Å². The number of ether oxygens (including phenoxy) is 1. The quantitative estimate of drug-likeness (QED) is 0.824. The molecule has 1 aliphatic heterocycles. The summed E-state index contributed by atoms with van der Waals surface area (Å²) in [6.45, 7) is 1.68. The molecular weight excluding hydrogens is 234 g/mol. The summed E-state index contributed by atoms with van der Waals surface area (Å²) in [5, 5.41) is 9.30. The van der Waals surface area contributed by atoms with Crippen molar-refractivity contribution in [3.05, 3.63) is 0 Å². The lowest BCUT2D eigenvalue weighted by atomic mass is 9.84. The van der Waals surface area contributed by atoms with Gasteiger partial charge in [-0.15, -0.1) is 0 Å². The van der Waals surface area contributed by atoms with E-state index in [2.05, 4.69) is 0 Å². The highest BCUT2D eigenvalue weighted by Crippen LogP contribution is 2.40. The molecule has 0 bridgehead atoms. The van der Waals surface area contributed by atoms with Crippen molar-refractivity contribution in [1.82, 2.24) is 4.90 Å². The van der Waals surface area contributed by atoms with Crippen LogP contribution in [0.2, 0.25) is 0 Å². The average molecular weight is 255 g/mol. The lowest BCUT2D eigenvalue weighted by Gasteiger charge is -2.34. The van der Waals surface area contributed by atoms with Gasteiger partial charge < -0.3 is 14.7 Å². The minimum atomic E-state index is -0.888. The van der Waals surface area contributed by atoms with E-state index in [0.717, 1.165) is 25.7 Å². The number of hydrogen-bond donors (Lipinski definition) is 1. The molecule has 2 fully saturated rings. The van der Waals surface area contributed by atoms with Crippen molar-refractivity contribution in [2.75, 3.05) is 7.11 Å².